The monoisotopic (exact) mass is 369 g/mol. The van der Waals surface area contributed by atoms with Gasteiger partial charge in [0.2, 0.25) is 0 Å². The zero-order valence-corrected chi connectivity index (χ0v) is 14.7. The highest BCUT2D eigenvalue weighted by atomic mass is 79.9. The van der Waals surface area contributed by atoms with Crippen LogP contribution in [0.15, 0.2) is 10.5 Å². The lowest BCUT2D eigenvalue weighted by molar-refractivity contribution is -0.384. The minimum atomic E-state index is -0.402. The average Bonchev–Trinajstić information content (AvgIpc) is 2.50. The number of nitrogens with two attached hydrogens (primary N) is 1. The number of halogens is 1. The summed E-state index contributed by atoms with van der Waals surface area (Å²) in [5.74, 6) is 0. The van der Waals surface area contributed by atoms with E-state index in [9.17, 15) is 10.1 Å². The molecule has 5 nitrogen and oxygen atoms in total. The first-order valence-electron chi connectivity index (χ1n) is 8.01. The first kappa shape index (κ1) is 17.2. The maximum Gasteiger partial charge on any atom is 0.293 e. The van der Waals surface area contributed by atoms with E-state index in [-0.39, 0.29) is 5.69 Å². The van der Waals surface area contributed by atoms with Gasteiger partial charge in [0, 0.05) is 23.6 Å². The van der Waals surface area contributed by atoms with Crippen molar-refractivity contribution in [2.75, 3.05) is 18.8 Å². The fourth-order valence-electron chi connectivity index (χ4n) is 3.06. The molecule has 0 aromatic heterocycles. The van der Waals surface area contributed by atoms with Crippen molar-refractivity contribution in [3.8, 4) is 0 Å². The molecule has 0 unspecified atom stereocenters. The van der Waals surface area contributed by atoms with Crippen molar-refractivity contribution in [3.05, 3.63) is 31.8 Å². The molecule has 2 rings (SSSR count). The van der Waals surface area contributed by atoms with Crippen molar-refractivity contribution >= 4 is 27.3 Å². The van der Waals surface area contributed by atoms with Crippen molar-refractivity contribution in [1.29, 1.82) is 0 Å². The van der Waals surface area contributed by atoms with Gasteiger partial charge < -0.3 is 5.73 Å². The molecule has 122 valence electrons. The molecule has 0 amide bonds. The lowest BCUT2D eigenvalue weighted by Crippen LogP contribution is -2.32. The third kappa shape index (κ3) is 3.98. The van der Waals surface area contributed by atoms with Crippen LogP contribution in [0, 0.1) is 10.1 Å². The number of anilines is 1. The number of nitro groups is 1. The van der Waals surface area contributed by atoms with Gasteiger partial charge in [-0.25, -0.2) is 0 Å². The molecule has 0 atom stereocenters. The summed E-state index contributed by atoms with van der Waals surface area (Å²) in [6.07, 6.45) is 7.17. The highest BCUT2D eigenvalue weighted by molar-refractivity contribution is 9.10. The maximum atomic E-state index is 11.0. The standard InChI is InChI=1S/C16H24BrN3O2/c1-2-3-4-5-6-8-19-9-7-12-13(11-19)14(17)10-15(16(12)18)20(21)22/h10H,2-9,11,18H2,1H3. The number of hydrogen-bond donors (Lipinski definition) is 1. The average molecular weight is 370 g/mol. The lowest BCUT2D eigenvalue weighted by Gasteiger charge is -2.30. The van der Waals surface area contributed by atoms with Crippen LogP contribution in [0.4, 0.5) is 11.4 Å². The van der Waals surface area contributed by atoms with Crippen molar-refractivity contribution < 1.29 is 4.92 Å². The van der Waals surface area contributed by atoms with E-state index >= 15 is 0 Å². The summed E-state index contributed by atoms with van der Waals surface area (Å²) in [5.41, 5.74) is 8.41. The van der Waals surface area contributed by atoms with E-state index in [1.165, 1.54) is 32.1 Å². The van der Waals surface area contributed by atoms with Crippen LogP contribution in [0.2, 0.25) is 0 Å². The van der Waals surface area contributed by atoms with Gasteiger partial charge in [0.1, 0.15) is 5.69 Å². The quantitative estimate of drug-likeness (QED) is 0.337. The predicted molar refractivity (Wildman–Crippen MR) is 92.9 cm³/mol. The largest absolute Gasteiger partial charge is 0.393 e. The molecule has 1 aromatic rings. The third-order valence-corrected chi connectivity index (χ3v) is 5.06. The Morgan fingerprint density at radius 1 is 1.32 bits per heavy atom. The van der Waals surface area contributed by atoms with Gasteiger partial charge in [-0.2, -0.15) is 0 Å². The second kappa shape index (κ2) is 7.92. The molecule has 1 aliphatic heterocycles. The zero-order valence-electron chi connectivity index (χ0n) is 13.1. The van der Waals surface area contributed by atoms with E-state index in [1.54, 1.807) is 6.07 Å². The third-order valence-electron chi connectivity index (χ3n) is 4.35. The summed E-state index contributed by atoms with van der Waals surface area (Å²) in [5, 5.41) is 11.0. The molecule has 0 saturated carbocycles. The first-order chi connectivity index (χ1) is 10.5. The number of hydrogen-bond acceptors (Lipinski definition) is 4. The van der Waals surface area contributed by atoms with Crippen LogP contribution in [-0.4, -0.2) is 22.9 Å². The van der Waals surface area contributed by atoms with E-state index in [2.05, 4.69) is 27.8 Å². The lowest BCUT2D eigenvalue weighted by atomic mass is 9.96. The minimum Gasteiger partial charge on any atom is -0.393 e. The Hall–Kier alpha value is -1.14. The van der Waals surface area contributed by atoms with Crippen LogP contribution in [0.5, 0.6) is 0 Å². The summed E-state index contributed by atoms with van der Waals surface area (Å²) >= 11 is 3.48. The zero-order chi connectivity index (χ0) is 16.1. The smallest absolute Gasteiger partial charge is 0.293 e. The van der Waals surface area contributed by atoms with Crippen LogP contribution in [0.3, 0.4) is 0 Å². The van der Waals surface area contributed by atoms with Crippen LogP contribution < -0.4 is 5.73 Å². The highest BCUT2D eigenvalue weighted by Crippen LogP contribution is 2.37. The Kier molecular flexibility index (Phi) is 6.20. The Morgan fingerprint density at radius 3 is 2.73 bits per heavy atom. The fourth-order valence-corrected chi connectivity index (χ4v) is 3.64. The van der Waals surface area contributed by atoms with E-state index in [0.717, 1.165) is 41.7 Å². The molecule has 0 aliphatic carbocycles. The van der Waals surface area contributed by atoms with Crippen LogP contribution in [0.1, 0.15) is 50.2 Å². The number of nitro benzene ring substituents is 1. The molecule has 0 radical (unpaired) electrons. The number of benzene rings is 1. The molecule has 0 fully saturated rings. The van der Waals surface area contributed by atoms with Gasteiger partial charge in [-0.15, -0.1) is 0 Å². The number of unbranched alkanes of at least 4 members (excludes halogenated alkanes) is 4. The van der Waals surface area contributed by atoms with E-state index in [1.807, 2.05) is 0 Å². The van der Waals surface area contributed by atoms with Crippen molar-refractivity contribution in [1.82, 2.24) is 4.90 Å². The summed E-state index contributed by atoms with van der Waals surface area (Å²) < 4.78 is 0.805. The van der Waals surface area contributed by atoms with E-state index < -0.39 is 4.92 Å². The summed E-state index contributed by atoms with van der Waals surface area (Å²) in [6, 6.07) is 1.54. The topological polar surface area (TPSA) is 72.4 Å². The second-order valence-corrected chi connectivity index (χ2v) is 6.80. The van der Waals surface area contributed by atoms with E-state index in [0.29, 0.717) is 5.69 Å². The van der Waals surface area contributed by atoms with Crippen LogP contribution in [0.25, 0.3) is 0 Å². The number of rotatable bonds is 7. The van der Waals surface area contributed by atoms with E-state index in [4.69, 9.17) is 5.73 Å². The number of nitrogen functional groups attached to an aromatic ring is 1. The SMILES string of the molecule is CCCCCCCN1CCc2c(N)c([N+](=O)[O-])cc(Br)c2C1. The van der Waals surface area contributed by atoms with Crippen molar-refractivity contribution in [2.45, 2.75) is 52.0 Å². The summed E-state index contributed by atoms with van der Waals surface area (Å²) in [4.78, 5) is 13.1. The van der Waals surface area contributed by atoms with Gasteiger partial charge in [0.15, 0.2) is 0 Å². The Balaban J connectivity index is 2.02. The number of nitrogens with zero attached hydrogens (tertiary/aromatic N) is 2. The Bertz CT molecular complexity index is 549. The highest BCUT2D eigenvalue weighted by Gasteiger charge is 2.26. The molecule has 6 heteroatoms. The van der Waals surface area contributed by atoms with Crippen LogP contribution in [-0.2, 0) is 13.0 Å². The summed E-state index contributed by atoms with van der Waals surface area (Å²) in [6.45, 7) is 5.07. The Morgan fingerprint density at radius 2 is 2.05 bits per heavy atom. The predicted octanol–water partition coefficient (Wildman–Crippen LogP) is 4.27. The van der Waals surface area contributed by atoms with Gasteiger partial charge >= 0.3 is 0 Å². The summed E-state index contributed by atoms with van der Waals surface area (Å²) in [7, 11) is 0. The molecule has 0 bridgehead atoms. The second-order valence-electron chi connectivity index (χ2n) is 5.95. The molecule has 22 heavy (non-hydrogen) atoms. The molecule has 1 aromatic carbocycles. The molecule has 0 spiro atoms. The molecule has 1 aliphatic rings. The molecule has 1 heterocycles. The van der Waals surface area contributed by atoms with Gasteiger partial charge in [-0.05, 0) is 30.5 Å². The first-order valence-corrected chi connectivity index (χ1v) is 8.80. The van der Waals surface area contributed by atoms with Gasteiger partial charge in [0.25, 0.3) is 5.69 Å². The number of fused-ring (bicyclic) bond motifs is 1. The maximum absolute atomic E-state index is 11.0. The van der Waals surface area contributed by atoms with Crippen molar-refractivity contribution in [3.63, 3.8) is 0 Å². The van der Waals surface area contributed by atoms with Crippen molar-refractivity contribution in [2.24, 2.45) is 0 Å². The molecular weight excluding hydrogens is 346 g/mol. The Labute approximate surface area is 140 Å². The fraction of sp³-hybridized carbons (Fsp3) is 0.625. The van der Waals surface area contributed by atoms with Crippen LogP contribution >= 0.6 is 15.9 Å². The minimum absolute atomic E-state index is 0.0126. The molecular formula is C16H24BrN3O2. The molecule has 0 saturated heterocycles. The molecule has 2 N–H and O–H groups in total. The normalized spacial score (nSPS) is 14.8. The van der Waals surface area contributed by atoms with Gasteiger partial charge in [-0.3, -0.25) is 15.0 Å². The van der Waals surface area contributed by atoms with Gasteiger partial charge in [-0.1, -0.05) is 48.5 Å². The van der Waals surface area contributed by atoms with Gasteiger partial charge in [0.05, 0.1) is 4.92 Å².